The SMILES string of the molecule is Cc1ccc(-c2cc(-c3nn(-c4nc(C(=O)O)cs4)c(CC4CC4)c3Cc3ccc(NS(=O)O)cc3F)ccc2F)s1. The van der Waals surface area contributed by atoms with Crippen LogP contribution >= 0.6 is 22.7 Å². The first-order valence-corrected chi connectivity index (χ1v) is 15.8. The van der Waals surface area contributed by atoms with Crippen LogP contribution in [0.15, 0.2) is 53.9 Å². The van der Waals surface area contributed by atoms with Gasteiger partial charge in [-0.3, -0.25) is 9.27 Å². The molecule has 3 heterocycles. The summed E-state index contributed by atoms with van der Waals surface area (Å²) >= 11 is 0.277. The van der Waals surface area contributed by atoms with Crippen LogP contribution in [-0.4, -0.2) is 34.6 Å². The Labute approximate surface area is 250 Å². The number of anilines is 1. The van der Waals surface area contributed by atoms with Gasteiger partial charge in [0.15, 0.2) is 5.69 Å². The van der Waals surface area contributed by atoms with E-state index in [0.29, 0.717) is 39.9 Å². The van der Waals surface area contributed by atoms with Crippen LogP contribution in [0.2, 0.25) is 0 Å². The summed E-state index contributed by atoms with van der Waals surface area (Å²) in [5.74, 6) is -1.69. The smallest absolute Gasteiger partial charge is 0.355 e. The second kappa shape index (κ2) is 11.5. The van der Waals surface area contributed by atoms with Crippen LogP contribution in [0.1, 0.15) is 45.0 Å². The third kappa shape index (κ3) is 5.91. The highest BCUT2D eigenvalue weighted by atomic mass is 32.2. The second-order valence-electron chi connectivity index (χ2n) is 10.1. The average Bonchev–Trinajstić information content (AvgIpc) is 3.29. The lowest BCUT2D eigenvalue weighted by Crippen LogP contribution is -2.07. The maximum absolute atomic E-state index is 15.3. The second-order valence-corrected chi connectivity index (χ2v) is 12.9. The van der Waals surface area contributed by atoms with Gasteiger partial charge < -0.3 is 5.11 Å². The highest BCUT2D eigenvalue weighted by Crippen LogP contribution is 2.40. The number of benzene rings is 2. The molecule has 1 saturated carbocycles. The summed E-state index contributed by atoms with van der Waals surface area (Å²) < 4.78 is 54.5. The third-order valence-corrected chi connectivity index (χ3v) is 9.29. The molecule has 0 radical (unpaired) electrons. The van der Waals surface area contributed by atoms with Gasteiger partial charge in [-0.15, -0.1) is 22.7 Å². The first-order valence-electron chi connectivity index (χ1n) is 13.0. The molecule has 13 heteroatoms. The molecule has 2 aromatic carbocycles. The van der Waals surface area contributed by atoms with E-state index in [1.165, 1.54) is 28.8 Å². The fourth-order valence-electron chi connectivity index (χ4n) is 4.81. The van der Waals surface area contributed by atoms with Crippen molar-refractivity contribution < 1.29 is 27.4 Å². The molecule has 1 fully saturated rings. The molecule has 0 spiro atoms. The quantitative estimate of drug-likeness (QED) is 0.142. The van der Waals surface area contributed by atoms with E-state index in [1.807, 2.05) is 19.1 Å². The highest BCUT2D eigenvalue weighted by Gasteiger charge is 2.30. The Morgan fingerprint density at radius 1 is 1.14 bits per heavy atom. The minimum absolute atomic E-state index is 0.0986. The van der Waals surface area contributed by atoms with Crippen molar-refractivity contribution in [1.29, 1.82) is 0 Å². The van der Waals surface area contributed by atoms with Crippen LogP contribution in [-0.2, 0) is 24.1 Å². The lowest BCUT2D eigenvalue weighted by molar-refractivity contribution is 0.0691. The molecule has 0 saturated heterocycles. The van der Waals surface area contributed by atoms with Gasteiger partial charge in [0.25, 0.3) is 11.3 Å². The predicted molar refractivity (Wildman–Crippen MR) is 160 cm³/mol. The predicted octanol–water partition coefficient (Wildman–Crippen LogP) is 7.10. The van der Waals surface area contributed by atoms with Crippen molar-refractivity contribution >= 4 is 45.6 Å². The Kier molecular flexibility index (Phi) is 7.75. The zero-order chi connectivity index (χ0) is 29.5. The van der Waals surface area contributed by atoms with E-state index in [2.05, 4.69) is 9.71 Å². The summed E-state index contributed by atoms with van der Waals surface area (Å²) in [4.78, 5) is 17.7. The Hall–Kier alpha value is -3.78. The van der Waals surface area contributed by atoms with Gasteiger partial charge in [0.05, 0.1) is 17.1 Å². The number of carbonyl (C=O) groups is 1. The van der Waals surface area contributed by atoms with Gasteiger partial charge >= 0.3 is 5.97 Å². The van der Waals surface area contributed by atoms with Gasteiger partial charge in [0.2, 0.25) is 5.13 Å². The maximum atomic E-state index is 15.3. The average molecular weight is 627 g/mol. The van der Waals surface area contributed by atoms with Crippen LogP contribution in [0.5, 0.6) is 0 Å². The summed E-state index contributed by atoms with van der Waals surface area (Å²) in [5.41, 5.74) is 3.48. The number of carboxylic acids is 1. The topological polar surface area (TPSA) is 117 Å². The zero-order valence-corrected chi connectivity index (χ0v) is 24.6. The van der Waals surface area contributed by atoms with E-state index in [1.54, 1.807) is 22.9 Å². The molecule has 1 aliphatic rings. The number of rotatable bonds is 10. The zero-order valence-electron chi connectivity index (χ0n) is 22.1. The highest BCUT2D eigenvalue weighted by molar-refractivity contribution is 7.80. The number of thiophene rings is 1. The number of carboxylic acid groups (broad SMARTS) is 1. The standard InChI is InChI=1S/C29H24F2N4O4S3/c1-15-2-9-26(41-15)20-12-18(6-8-22(20)30)27-21(11-17-5-7-19(13-23(17)31)34-42(38)39)25(10-16-3-4-16)35(33-27)29-32-24(14-40-29)28(36)37/h2,5-9,12-14,16,34H,3-4,10-11H2,1H3,(H,36,37)(H,38,39). The number of aromatic carboxylic acids is 1. The minimum Gasteiger partial charge on any atom is -0.476 e. The van der Waals surface area contributed by atoms with Crippen LogP contribution < -0.4 is 4.72 Å². The lowest BCUT2D eigenvalue weighted by atomic mass is 9.95. The molecule has 42 heavy (non-hydrogen) atoms. The number of hydrogen-bond donors (Lipinski definition) is 3. The fourth-order valence-corrected chi connectivity index (χ4v) is 6.80. The molecule has 0 aliphatic heterocycles. The van der Waals surface area contributed by atoms with Gasteiger partial charge in [-0.2, -0.15) is 5.10 Å². The molecule has 3 N–H and O–H groups in total. The molecule has 0 amide bonds. The van der Waals surface area contributed by atoms with Crippen molar-refractivity contribution in [2.75, 3.05) is 4.72 Å². The van der Waals surface area contributed by atoms with Crippen molar-refractivity contribution in [2.24, 2.45) is 5.92 Å². The maximum Gasteiger partial charge on any atom is 0.355 e. The van der Waals surface area contributed by atoms with E-state index in [0.717, 1.165) is 51.3 Å². The summed E-state index contributed by atoms with van der Waals surface area (Å²) in [6, 6.07) is 12.8. The van der Waals surface area contributed by atoms with Crippen molar-refractivity contribution in [1.82, 2.24) is 14.8 Å². The fraction of sp³-hybridized carbons (Fsp3) is 0.207. The normalized spacial score (nSPS) is 13.8. The summed E-state index contributed by atoms with van der Waals surface area (Å²) in [5, 5.41) is 16.2. The van der Waals surface area contributed by atoms with Crippen LogP contribution in [0.3, 0.4) is 0 Å². The summed E-state index contributed by atoms with van der Waals surface area (Å²) in [6.45, 7) is 1.95. The third-order valence-electron chi connectivity index (χ3n) is 7.03. The minimum atomic E-state index is -2.35. The number of halogens is 2. The van der Waals surface area contributed by atoms with Gasteiger partial charge in [-0.1, -0.05) is 6.07 Å². The van der Waals surface area contributed by atoms with Gasteiger partial charge in [0, 0.05) is 38.2 Å². The molecule has 0 bridgehead atoms. The van der Waals surface area contributed by atoms with E-state index < -0.39 is 23.1 Å². The molecule has 1 aliphatic carbocycles. The van der Waals surface area contributed by atoms with E-state index in [4.69, 9.17) is 9.65 Å². The number of nitrogens with one attached hydrogen (secondary N) is 1. The van der Waals surface area contributed by atoms with Crippen molar-refractivity contribution in [3.63, 3.8) is 0 Å². The molecule has 5 aromatic rings. The van der Waals surface area contributed by atoms with Gasteiger partial charge in [0.1, 0.15) is 11.6 Å². The number of hydrogen-bond acceptors (Lipinski definition) is 6. The van der Waals surface area contributed by atoms with E-state index >= 15 is 8.78 Å². The first-order chi connectivity index (χ1) is 20.2. The number of nitrogens with zero attached hydrogens (tertiary/aromatic N) is 3. The van der Waals surface area contributed by atoms with Gasteiger partial charge in [-0.05, 0) is 80.1 Å². The molecular formula is C29H24F2N4O4S3. The monoisotopic (exact) mass is 626 g/mol. The number of aromatic nitrogens is 3. The van der Waals surface area contributed by atoms with E-state index in [-0.39, 0.29) is 23.6 Å². The molecule has 1 atom stereocenters. The Balaban J connectivity index is 1.52. The Bertz CT molecular complexity index is 1840. The molecule has 6 rings (SSSR count). The Morgan fingerprint density at radius 3 is 2.60 bits per heavy atom. The Morgan fingerprint density at radius 2 is 1.95 bits per heavy atom. The lowest BCUT2D eigenvalue weighted by Gasteiger charge is -2.11. The van der Waals surface area contributed by atoms with Crippen molar-refractivity contribution in [3.05, 3.63) is 92.9 Å². The molecular weight excluding hydrogens is 603 g/mol. The molecule has 1 unspecified atom stereocenters. The van der Waals surface area contributed by atoms with Gasteiger partial charge in [-0.25, -0.2) is 27.5 Å². The number of aryl methyl sites for hydroxylation is 1. The van der Waals surface area contributed by atoms with Crippen molar-refractivity contribution in [3.8, 4) is 26.8 Å². The van der Waals surface area contributed by atoms with Crippen LogP contribution in [0.4, 0.5) is 14.5 Å². The summed E-state index contributed by atoms with van der Waals surface area (Å²) in [6.07, 6.45) is 2.83. The van der Waals surface area contributed by atoms with Crippen molar-refractivity contribution in [2.45, 2.75) is 32.6 Å². The van der Waals surface area contributed by atoms with Crippen LogP contribution in [0, 0.1) is 24.5 Å². The van der Waals surface area contributed by atoms with E-state index in [9.17, 15) is 14.1 Å². The summed E-state index contributed by atoms with van der Waals surface area (Å²) in [7, 11) is 0. The largest absolute Gasteiger partial charge is 0.476 e. The van der Waals surface area contributed by atoms with Crippen LogP contribution in [0.25, 0.3) is 26.8 Å². The number of thiazole rings is 1. The molecule has 8 nitrogen and oxygen atoms in total. The first kappa shape index (κ1) is 28.3. The molecule has 216 valence electrons. The molecule has 3 aromatic heterocycles.